The van der Waals surface area contributed by atoms with Gasteiger partial charge in [0, 0.05) is 30.9 Å². The number of fused-ring (bicyclic) bond motifs is 1. The molecule has 0 spiro atoms. The van der Waals surface area contributed by atoms with E-state index in [-0.39, 0.29) is 10.6 Å². The van der Waals surface area contributed by atoms with Crippen molar-refractivity contribution in [1.29, 1.82) is 0 Å². The van der Waals surface area contributed by atoms with Crippen LogP contribution in [-0.4, -0.2) is 40.0 Å². The zero-order valence-corrected chi connectivity index (χ0v) is 11.7. The Kier molecular flexibility index (Phi) is 3.56. The molecule has 2 aliphatic heterocycles. The van der Waals surface area contributed by atoms with Crippen LogP contribution in [0.2, 0.25) is 0 Å². The summed E-state index contributed by atoms with van der Waals surface area (Å²) in [6, 6.07) is 2.52. The van der Waals surface area contributed by atoms with Crippen molar-refractivity contribution in [3.8, 4) is 0 Å². The Balaban J connectivity index is 1.73. The summed E-state index contributed by atoms with van der Waals surface area (Å²) in [6.45, 7) is 4.11. The van der Waals surface area contributed by atoms with Gasteiger partial charge in [-0.25, -0.2) is 4.98 Å². The first-order valence-electron chi connectivity index (χ1n) is 7.25. The molecule has 2 unspecified atom stereocenters. The highest BCUT2D eigenvalue weighted by molar-refractivity contribution is 5.57. The van der Waals surface area contributed by atoms with E-state index in [1.165, 1.54) is 19.4 Å². The van der Waals surface area contributed by atoms with E-state index in [0.717, 1.165) is 24.9 Å². The fourth-order valence-corrected chi connectivity index (χ4v) is 3.35. The van der Waals surface area contributed by atoms with Crippen LogP contribution in [-0.2, 0) is 0 Å². The zero-order valence-electron chi connectivity index (χ0n) is 11.7. The van der Waals surface area contributed by atoms with Gasteiger partial charge in [-0.1, -0.05) is 0 Å². The molecular weight excluding hydrogens is 256 g/mol. The molecule has 2 atom stereocenters. The molecule has 20 heavy (non-hydrogen) atoms. The maximum Gasteiger partial charge on any atom is 0.311 e. The Labute approximate surface area is 118 Å². The highest BCUT2D eigenvalue weighted by Gasteiger charge is 2.32. The Morgan fingerprint density at radius 3 is 3.10 bits per heavy atom. The first kappa shape index (κ1) is 13.3. The maximum absolute atomic E-state index is 11.1. The molecular formula is C14H20N4O2. The predicted molar refractivity (Wildman–Crippen MR) is 76.9 cm³/mol. The molecule has 108 valence electrons. The molecule has 0 saturated carbocycles. The summed E-state index contributed by atoms with van der Waals surface area (Å²) in [5.74, 6) is 0.414. The number of hydrogen-bond donors (Lipinski definition) is 1. The van der Waals surface area contributed by atoms with Gasteiger partial charge in [0.15, 0.2) is 0 Å². The quantitative estimate of drug-likeness (QED) is 0.677. The second kappa shape index (κ2) is 5.36. The van der Waals surface area contributed by atoms with Crippen LogP contribution < -0.4 is 5.32 Å². The number of nitrogens with one attached hydrogen (secondary N) is 1. The van der Waals surface area contributed by atoms with Crippen molar-refractivity contribution in [3.05, 3.63) is 27.9 Å². The molecule has 6 nitrogen and oxygen atoms in total. The molecule has 2 aliphatic rings. The molecule has 3 rings (SSSR count). The Morgan fingerprint density at radius 1 is 1.45 bits per heavy atom. The van der Waals surface area contributed by atoms with E-state index in [4.69, 9.17) is 0 Å². The van der Waals surface area contributed by atoms with Crippen LogP contribution in [0.15, 0.2) is 12.3 Å². The van der Waals surface area contributed by atoms with Crippen molar-refractivity contribution in [2.24, 2.45) is 0 Å². The summed E-state index contributed by atoms with van der Waals surface area (Å²) < 4.78 is 0. The number of anilines is 1. The normalized spacial score (nSPS) is 26.2. The first-order chi connectivity index (χ1) is 9.63. The van der Waals surface area contributed by atoms with Gasteiger partial charge in [-0.15, -0.1) is 0 Å². The standard InChI is InChI=1S/C14H20N4O2/c1-10-7-13(18(19)20)14(15-9-10)16-11-4-6-17-5-2-3-12(17)8-11/h7,9,11-12H,2-6,8H2,1H3,(H,15,16). The zero-order chi connectivity index (χ0) is 14.1. The molecule has 2 fully saturated rings. The Morgan fingerprint density at radius 2 is 2.30 bits per heavy atom. The van der Waals surface area contributed by atoms with E-state index in [2.05, 4.69) is 15.2 Å². The third kappa shape index (κ3) is 2.60. The molecule has 3 heterocycles. The number of pyridine rings is 1. The summed E-state index contributed by atoms with van der Waals surface area (Å²) in [6.07, 6.45) is 6.30. The van der Waals surface area contributed by atoms with Gasteiger partial charge in [-0.05, 0) is 44.7 Å². The van der Waals surface area contributed by atoms with Gasteiger partial charge in [0.1, 0.15) is 0 Å². The van der Waals surface area contributed by atoms with E-state index < -0.39 is 0 Å². The first-order valence-corrected chi connectivity index (χ1v) is 7.25. The minimum absolute atomic E-state index is 0.0823. The van der Waals surface area contributed by atoms with E-state index >= 15 is 0 Å². The fourth-order valence-electron chi connectivity index (χ4n) is 3.35. The number of nitro groups is 1. The Hall–Kier alpha value is -1.69. The van der Waals surface area contributed by atoms with Crippen LogP contribution in [0.1, 0.15) is 31.2 Å². The lowest BCUT2D eigenvalue weighted by Crippen LogP contribution is -2.42. The number of nitrogens with zero attached hydrogens (tertiary/aromatic N) is 3. The van der Waals surface area contributed by atoms with Gasteiger partial charge in [-0.2, -0.15) is 0 Å². The minimum Gasteiger partial charge on any atom is -0.362 e. The van der Waals surface area contributed by atoms with Gasteiger partial charge >= 0.3 is 5.69 Å². The van der Waals surface area contributed by atoms with E-state index in [1.54, 1.807) is 12.3 Å². The van der Waals surface area contributed by atoms with Crippen LogP contribution >= 0.6 is 0 Å². The highest BCUT2D eigenvalue weighted by atomic mass is 16.6. The molecule has 0 aliphatic carbocycles. The molecule has 2 saturated heterocycles. The van der Waals surface area contributed by atoms with E-state index in [9.17, 15) is 10.1 Å². The number of piperidine rings is 1. The molecule has 0 amide bonds. The smallest absolute Gasteiger partial charge is 0.311 e. The van der Waals surface area contributed by atoms with Gasteiger partial charge in [-0.3, -0.25) is 10.1 Å². The SMILES string of the molecule is Cc1cnc(NC2CCN3CCCC3C2)c([N+](=O)[O-])c1. The van der Waals surface area contributed by atoms with Crippen molar-refractivity contribution in [2.75, 3.05) is 18.4 Å². The van der Waals surface area contributed by atoms with Crippen molar-refractivity contribution < 1.29 is 4.92 Å². The van der Waals surface area contributed by atoms with Crippen molar-refractivity contribution >= 4 is 11.5 Å². The molecule has 0 radical (unpaired) electrons. The highest BCUT2D eigenvalue weighted by Crippen LogP contribution is 2.30. The average molecular weight is 276 g/mol. The molecule has 1 aromatic rings. The number of rotatable bonds is 3. The summed E-state index contributed by atoms with van der Waals surface area (Å²) in [4.78, 5) is 17.5. The van der Waals surface area contributed by atoms with Gasteiger partial charge < -0.3 is 10.2 Å². The van der Waals surface area contributed by atoms with Crippen molar-refractivity contribution in [2.45, 2.75) is 44.7 Å². The van der Waals surface area contributed by atoms with Crippen molar-refractivity contribution in [1.82, 2.24) is 9.88 Å². The second-order valence-electron chi connectivity index (χ2n) is 5.84. The lowest BCUT2D eigenvalue weighted by molar-refractivity contribution is -0.384. The van der Waals surface area contributed by atoms with Crippen LogP contribution in [0, 0.1) is 17.0 Å². The molecule has 1 aromatic heterocycles. The maximum atomic E-state index is 11.1. The lowest BCUT2D eigenvalue weighted by Gasteiger charge is -2.35. The average Bonchev–Trinajstić information content (AvgIpc) is 2.88. The molecule has 6 heteroatoms. The predicted octanol–water partition coefficient (Wildman–Crippen LogP) is 2.34. The monoisotopic (exact) mass is 276 g/mol. The van der Waals surface area contributed by atoms with Gasteiger partial charge in [0.25, 0.3) is 0 Å². The molecule has 0 aromatic carbocycles. The summed E-state index contributed by atoms with van der Waals surface area (Å²) >= 11 is 0. The minimum atomic E-state index is -0.354. The van der Waals surface area contributed by atoms with E-state index in [1.807, 2.05) is 6.92 Å². The summed E-state index contributed by atoms with van der Waals surface area (Å²) in [5, 5.41) is 14.4. The van der Waals surface area contributed by atoms with Crippen molar-refractivity contribution in [3.63, 3.8) is 0 Å². The molecule has 0 bridgehead atoms. The topological polar surface area (TPSA) is 71.3 Å². The van der Waals surface area contributed by atoms with Crippen LogP contribution in [0.3, 0.4) is 0 Å². The van der Waals surface area contributed by atoms with Gasteiger partial charge in [0.05, 0.1) is 4.92 Å². The fraction of sp³-hybridized carbons (Fsp3) is 0.643. The van der Waals surface area contributed by atoms with E-state index in [0.29, 0.717) is 17.9 Å². The number of aromatic nitrogens is 1. The third-order valence-electron chi connectivity index (χ3n) is 4.36. The van der Waals surface area contributed by atoms with Gasteiger partial charge in [0.2, 0.25) is 5.82 Å². The number of aryl methyl sites for hydroxylation is 1. The third-order valence-corrected chi connectivity index (χ3v) is 4.36. The van der Waals surface area contributed by atoms with Crippen LogP contribution in [0.25, 0.3) is 0 Å². The number of hydrogen-bond acceptors (Lipinski definition) is 5. The largest absolute Gasteiger partial charge is 0.362 e. The Bertz CT molecular complexity index is 520. The lowest BCUT2D eigenvalue weighted by atomic mass is 9.97. The summed E-state index contributed by atoms with van der Waals surface area (Å²) in [7, 11) is 0. The summed E-state index contributed by atoms with van der Waals surface area (Å²) in [5.41, 5.74) is 0.895. The second-order valence-corrected chi connectivity index (χ2v) is 5.84. The van der Waals surface area contributed by atoms with Crippen LogP contribution in [0.5, 0.6) is 0 Å². The molecule has 1 N–H and O–H groups in total. The van der Waals surface area contributed by atoms with Crippen LogP contribution in [0.4, 0.5) is 11.5 Å².